The molecule has 2 rings (SSSR count). The first-order valence-electron chi connectivity index (χ1n) is 5.57. The lowest BCUT2D eigenvalue weighted by Crippen LogP contribution is -2.44. The number of amides is 1. The maximum absolute atomic E-state index is 12.0. The van der Waals surface area contributed by atoms with Crippen molar-refractivity contribution in [1.82, 2.24) is 5.32 Å². The van der Waals surface area contributed by atoms with Crippen LogP contribution in [0.1, 0.15) is 32.1 Å². The van der Waals surface area contributed by atoms with E-state index in [1.54, 1.807) is 0 Å². The summed E-state index contributed by atoms with van der Waals surface area (Å²) in [5.74, 6) is -0.0852. The summed E-state index contributed by atoms with van der Waals surface area (Å²) in [7, 11) is 0. The van der Waals surface area contributed by atoms with Crippen LogP contribution in [-0.4, -0.2) is 25.2 Å². The molecule has 1 saturated heterocycles. The third kappa shape index (κ3) is 1.98. The van der Waals surface area contributed by atoms with E-state index in [2.05, 4.69) is 11.4 Å². The van der Waals surface area contributed by atoms with Gasteiger partial charge < -0.3 is 10.1 Å². The molecule has 0 aromatic heterocycles. The standard InChI is InChI=1S/C11H16N2O2/c12-8-11(4-1-2-5-11)10(14)13-9-3-6-15-7-9/h9H,1-7H2,(H,13,14). The molecule has 2 aliphatic rings. The van der Waals surface area contributed by atoms with Crippen molar-refractivity contribution in [3.05, 3.63) is 0 Å². The molecule has 0 radical (unpaired) electrons. The Labute approximate surface area is 89.6 Å². The van der Waals surface area contributed by atoms with Crippen molar-refractivity contribution in [2.24, 2.45) is 5.41 Å². The van der Waals surface area contributed by atoms with E-state index in [4.69, 9.17) is 10.00 Å². The van der Waals surface area contributed by atoms with Crippen LogP contribution in [-0.2, 0) is 9.53 Å². The monoisotopic (exact) mass is 208 g/mol. The molecule has 1 aliphatic carbocycles. The van der Waals surface area contributed by atoms with Crippen LogP contribution in [0.25, 0.3) is 0 Å². The Morgan fingerprint density at radius 1 is 1.47 bits per heavy atom. The van der Waals surface area contributed by atoms with Gasteiger partial charge in [-0.05, 0) is 19.3 Å². The van der Waals surface area contributed by atoms with Gasteiger partial charge in [0.25, 0.3) is 0 Å². The van der Waals surface area contributed by atoms with Crippen LogP contribution in [0.3, 0.4) is 0 Å². The van der Waals surface area contributed by atoms with E-state index in [0.717, 1.165) is 19.3 Å². The highest BCUT2D eigenvalue weighted by molar-refractivity contribution is 5.86. The average molecular weight is 208 g/mol. The highest BCUT2D eigenvalue weighted by Gasteiger charge is 2.42. The van der Waals surface area contributed by atoms with Crippen LogP contribution in [0.4, 0.5) is 0 Å². The van der Waals surface area contributed by atoms with E-state index in [1.165, 1.54) is 0 Å². The van der Waals surface area contributed by atoms with Gasteiger partial charge in [-0.15, -0.1) is 0 Å². The van der Waals surface area contributed by atoms with Crippen molar-refractivity contribution < 1.29 is 9.53 Å². The first-order chi connectivity index (χ1) is 7.27. The van der Waals surface area contributed by atoms with Crippen molar-refractivity contribution in [3.63, 3.8) is 0 Å². The molecule has 2 fully saturated rings. The molecule has 82 valence electrons. The van der Waals surface area contributed by atoms with Gasteiger partial charge in [0, 0.05) is 6.61 Å². The summed E-state index contributed by atoms with van der Waals surface area (Å²) in [6.45, 7) is 1.30. The van der Waals surface area contributed by atoms with Gasteiger partial charge in [0.2, 0.25) is 5.91 Å². The summed E-state index contributed by atoms with van der Waals surface area (Å²) >= 11 is 0. The summed E-state index contributed by atoms with van der Waals surface area (Å²) in [6, 6.07) is 2.31. The minimum Gasteiger partial charge on any atom is -0.379 e. The number of nitriles is 1. The van der Waals surface area contributed by atoms with Gasteiger partial charge >= 0.3 is 0 Å². The number of carbonyl (C=O) groups is 1. The van der Waals surface area contributed by atoms with E-state index in [9.17, 15) is 4.79 Å². The lowest BCUT2D eigenvalue weighted by Gasteiger charge is -2.21. The maximum Gasteiger partial charge on any atom is 0.240 e. The fourth-order valence-corrected chi connectivity index (χ4v) is 2.34. The number of nitrogens with zero attached hydrogens (tertiary/aromatic N) is 1. The fraction of sp³-hybridized carbons (Fsp3) is 0.818. The van der Waals surface area contributed by atoms with Gasteiger partial charge in [0.15, 0.2) is 0 Å². The predicted octanol–water partition coefficient (Wildman–Crippen LogP) is 0.975. The van der Waals surface area contributed by atoms with Gasteiger partial charge in [-0.2, -0.15) is 5.26 Å². The van der Waals surface area contributed by atoms with Crippen molar-refractivity contribution in [2.45, 2.75) is 38.1 Å². The molecule has 15 heavy (non-hydrogen) atoms. The van der Waals surface area contributed by atoms with Crippen molar-refractivity contribution in [3.8, 4) is 6.07 Å². The quantitative estimate of drug-likeness (QED) is 0.735. The SMILES string of the molecule is N#CC1(C(=O)NC2CCOC2)CCCC1. The Morgan fingerprint density at radius 2 is 2.20 bits per heavy atom. The Balaban J connectivity index is 1.96. The molecule has 1 saturated carbocycles. The predicted molar refractivity (Wildman–Crippen MR) is 53.9 cm³/mol. The molecule has 1 heterocycles. The number of ether oxygens (including phenoxy) is 1. The molecule has 1 amide bonds. The van der Waals surface area contributed by atoms with E-state index in [1.807, 2.05) is 0 Å². The second-order valence-electron chi connectivity index (χ2n) is 4.43. The number of nitrogens with one attached hydrogen (secondary N) is 1. The average Bonchev–Trinajstić information content (AvgIpc) is 2.87. The summed E-state index contributed by atoms with van der Waals surface area (Å²) in [5, 5.41) is 12.0. The van der Waals surface area contributed by atoms with Crippen LogP contribution < -0.4 is 5.32 Å². The Bertz CT molecular complexity index is 283. The van der Waals surface area contributed by atoms with Gasteiger partial charge in [-0.25, -0.2) is 0 Å². The molecule has 1 atom stereocenters. The van der Waals surface area contributed by atoms with Crippen molar-refractivity contribution in [1.29, 1.82) is 5.26 Å². The Kier molecular flexibility index (Phi) is 2.92. The Hall–Kier alpha value is -1.08. The first-order valence-corrected chi connectivity index (χ1v) is 5.57. The zero-order valence-electron chi connectivity index (χ0n) is 8.79. The third-order valence-electron chi connectivity index (χ3n) is 3.37. The first kappa shape index (κ1) is 10.4. The van der Waals surface area contributed by atoms with Crippen molar-refractivity contribution in [2.75, 3.05) is 13.2 Å². The molecule has 1 unspecified atom stereocenters. The third-order valence-corrected chi connectivity index (χ3v) is 3.37. The van der Waals surface area contributed by atoms with Crippen LogP contribution in [0.15, 0.2) is 0 Å². The van der Waals surface area contributed by atoms with Crippen LogP contribution in [0.5, 0.6) is 0 Å². The number of rotatable bonds is 2. The van der Waals surface area contributed by atoms with Crippen LogP contribution >= 0.6 is 0 Å². The molecule has 0 spiro atoms. The topological polar surface area (TPSA) is 62.1 Å². The zero-order valence-corrected chi connectivity index (χ0v) is 8.79. The highest BCUT2D eigenvalue weighted by Crippen LogP contribution is 2.37. The minimum absolute atomic E-state index is 0.0852. The van der Waals surface area contributed by atoms with Gasteiger partial charge in [0.1, 0.15) is 5.41 Å². The number of hydrogen-bond acceptors (Lipinski definition) is 3. The van der Waals surface area contributed by atoms with Crippen molar-refractivity contribution >= 4 is 5.91 Å². The van der Waals surface area contributed by atoms with Gasteiger partial charge in [0.05, 0.1) is 18.7 Å². The molecular weight excluding hydrogens is 192 g/mol. The maximum atomic E-state index is 12.0. The van der Waals surface area contributed by atoms with Crippen LogP contribution in [0, 0.1) is 16.7 Å². The van der Waals surface area contributed by atoms with Gasteiger partial charge in [-0.3, -0.25) is 4.79 Å². The molecule has 0 aromatic carbocycles. The molecule has 0 bridgehead atoms. The Morgan fingerprint density at radius 3 is 2.73 bits per heavy atom. The van der Waals surface area contributed by atoms with Crippen LogP contribution in [0.2, 0.25) is 0 Å². The fourth-order valence-electron chi connectivity index (χ4n) is 2.34. The number of hydrogen-bond donors (Lipinski definition) is 1. The molecule has 1 aliphatic heterocycles. The summed E-state index contributed by atoms with van der Waals surface area (Å²) in [6.07, 6.45) is 4.27. The second kappa shape index (κ2) is 4.19. The molecule has 4 nitrogen and oxygen atoms in total. The van der Waals surface area contributed by atoms with E-state index >= 15 is 0 Å². The molecule has 4 heteroatoms. The smallest absolute Gasteiger partial charge is 0.240 e. The summed E-state index contributed by atoms with van der Waals surface area (Å²) in [4.78, 5) is 12.0. The van der Waals surface area contributed by atoms with Gasteiger partial charge in [-0.1, -0.05) is 12.8 Å². The summed E-state index contributed by atoms with van der Waals surface area (Å²) in [5.41, 5.74) is -0.747. The number of carbonyl (C=O) groups excluding carboxylic acids is 1. The molecular formula is C11H16N2O2. The van der Waals surface area contributed by atoms with E-state index in [-0.39, 0.29) is 11.9 Å². The van der Waals surface area contributed by atoms with E-state index < -0.39 is 5.41 Å². The lowest BCUT2D eigenvalue weighted by molar-refractivity contribution is -0.128. The lowest BCUT2D eigenvalue weighted by atomic mass is 9.87. The van der Waals surface area contributed by atoms with E-state index in [0.29, 0.717) is 26.1 Å². The molecule has 0 aromatic rings. The molecule has 1 N–H and O–H groups in total. The normalized spacial score (nSPS) is 28.6. The highest BCUT2D eigenvalue weighted by atomic mass is 16.5. The summed E-state index contributed by atoms with van der Waals surface area (Å²) < 4.78 is 5.19. The zero-order chi connectivity index (χ0) is 10.7. The second-order valence-corrected chi connectivity index (χ2v) is 4.43. The largest absolute Gasteiger partial charge is 0.379 e. The minimum atomic E-state index is -0.747.